The highest BCUT2D eigenvalue weighted by molar-refractivity contribution is 7.16. The van der Waals surface area contributed by atoms with Crippen molar-refractivity contribution in [1.82, 2.24) is 9.97 Å². The summed E-state index contributed by atoms with van der Waals surface area (Å²) < 4.78 is 0.800. The number of hydrogen-bond acceptors (Lipinski definition) is 4. The summed E-state index contributed by atoms with van der Waals surface area (Å²) in [7, 11) is 1.97. The van der Waals surface area contributed by atoms with Crippen molar-refractivity contribution in [1.29, 1.82) is 0 Å². The number of nitrogens with zero attached hydrogens (tertiary/aromatic N) is 3. The van der Waals surface area contributed by atoms with Crippen LogP contribution in [0, 0.1) is 0 Å². The summed E-state index contributed by atoms with van der Waals surface area (Å²) in [5, 5.41) is 0. The van der Waals surface area contributed by atoms with Crippen LogP contribution in [0.2, 0.25) is 4.34 Å². The monoisotopic (exact) mass is 287 g/mol. The van der Waals surface area contributed by atoms with E-state index in [2.05, 4.69) is 9.97 Å². The van der Waals surface area contributed by atoms with E-state index in [1.807, 2.05) is 24.1 Å². The van der Waals surface area contributed by atoms with Gasteiger partial charge in [-0.2, -0.15) is 0 Å². The van der Waals surface area contributed by atoms with Gasteiger partial charge in [-0.25, -0.2) is 4.98 Å². The Morgan fingerprint density at radius 2 is 2.18 bits per heavy atom. The lowest BCUT2D eigenvalue weighted by Crippen LogP contribution is -2.17. The number of anilines is 1. The number of thiophene rings is 1. The molecule has 0 spiro atoms. The van der Waals surface area contributed by atoms with Gasteiger partial charge in [0, 0.05) is 18.1 Å². The standard InChI is InChI=1S/C11H11Cl2N3S/c1-16(7-9-2-3-10(13)17-9)11-6-14-5-8(4-12)15-11/h2-3,5-6H,4,7H2,1H3. The Morgan fingerprint density at radius 3 is 2.82 bits per heavy atom. The topological polar surface area (TPSA) is 29.0 Å². The summed E-state index contributed by atoms with van der Waals surface area (Å²) in [5.74, 6) is 1.19. The number of halogens is 2. The van der Waals surface area contributed by atoms with Crippen LogP contribution in [0.4, 0.5) is 5.82 Å². The van der Waals surface area contributed by atoms with Crippen molar-refractivity contribution in [2.24, 2.45) is 0 Å². The van der Waals surface area contributed by atoms with Gasteiger partial charge in [0.1, 0.15) is 5.82 Å². The molecule has 0 aliphatic rings. The van der Waals surface area contributed by atoms with Crippen LogP contribution in [0.1, 0.15) is 10.6 Å². The SMILES string of the molecule is CN(Cc1ccc(Cl)s1)c1cncc(CCl)n1. The first kappa shape index (κ1) is 12.6. The van der Waals surface area contributed by atoms with Gasteiger partial charge in [-0.3, -0.25) is 4.98 Å². The second kappa shape index (κ2) is 5.67. The molecule has 0 aliphatic carbocycles. The lowest BCUT2D eigenvalue weighted by atomic mass is 10.4. The first-order chi connectivity index (χ1) is 8.19. The zero-order chi connectivity index (χ0) is 12.3. The molecule has 2 aromatic heterocycles. The van der Waals surface area contributed by atoms with E-state index in [1.165, 1.54) is 4.88 Å². The Kier molecular flexibility index (Phi) is 4.20. The minimum atomic E-state index is 0.375. The van der Waals surface area contributed by atoms with Crippen LogP contribution >= 0.6 is 34.5 Å². The van der Waals surface area contributed by atoms with Crippen LogP contribution in [0.15, 0.2) is 24.5 Å². The third-order valence-corrected chi connectivity index (χ3v) is 3.71. The molecule has 17 heavy (non-hydrogen) atoms. The highest BCUT2D eigenvalue weighted by atomic mass is 35.5. The first-order valence-electron chi connectivity index (χ1n) is 5.01. The summed E-state index contributed by atoms with van der Waals surface area (Å²) in [4.78, 5) is 11.7. The number of rotatable bonds is 4. The molecule has 0 aliphatic heterocycles. The van der Waals surface area contributed by atoms with E-state index >= 15 is 0 Å². The molecule has 90 valence electrons. The number of aromatic nitrogens is 2. The van der Waals surface area contributed by atoms with Crippen LogP contribution < -0.4 is 4.90 Å². The van der Waals surface area contributed by atoms with Gasteiger partial charge < -0.3 is 4.90 Å². The minimum Gasteiger partial charge on any atom is -0.353 e. The van der Waals surface area contributed by atoms with Crippen molar-refractivity contribution in [3.8, 4) is 0 Å². The van der Waals surface area contributed by atoms with E-state index in [9.17, 15) is 0 Å². The van der Waals surface area contributed by atoms with Crippen molar-refractivity contribution in [2.75, 3.05) is 11.9 Å². The molecule has 2 rings (SSSR count). The zero-order valence-corrected chi connectivity index (χ0v) is 11.6. The van der Waals surface area contributed by atoms with E-state index < -0.39 is 0 Å². The molecule has 0 atom stereocenters. The molecule has 0 unspecified atom stereocenters. The summed E-state index contributed by atoms with van der Waals surface area (Å²) in [6, 6.07) is 3.92. The molecule has 0 saturated carbocycles. The Hall–Kier alpha value is -0.840. The average molecular weight is 288 g/mol. The Bertz CT molecular complexity index is 501. The molecule has 0 saturated heterocycles. The molecule has 2 aromatic rings. The van der Waals surface area contributed by atoms with E-state index in [0.717, 1.165) is 22.4 Å². The van der Waals surface area contributed by atoms with Gasteiger partial charge in [-0.15, -0.1) is 22.9 Å². The van der Waals surface area contributed by atoms with Crippen LogP contribution in [-0.4, -0.2) is 17.0 Å². The zero-order valence-electron chi connectivity index (χ0n) is 9.23. The van der Waals surface area contributed by atoms with Gasteiger partial charge in [0.05, 0.1) is 28.7 Å². The highest BCUT2D eigenvalue weighted by Gasteiger charge is 2.06. The molecular weight excluding hydrogens is 277 g/mol. The molecule has 6 heteroatoms. The van der Waals surface area contributed by atoms with Crippen LogP contribution in [-0.2, 0) is 12.4 Å². The molecule has 3 nitrogen and oxygen atoms in total. The van der Waals surface area contributed by atoms with E-state index in [4.69, 9.17) is 23.2 Å². The second-order valence-corrected chi connectivity index (χ2v) is 5.63. The summed E-state index contributed by atoms with van der Waals surface area (Å²) in [6.07, 6.45) is 3.40. The lowest BCUT2D eigenvalue weighted by Gasteiger charge is -2.17. The number of alkyl halides is 1. The van der Waals surface area contributed by atoms with Gasteiger partial charge in [0.15, 0.2) is 0 Å². The quantitative estimate of drug-likeness (QED) is 0.805. The fourth-order valence-corrected chi connectivity index (χ4v) is 2.66. The predicted octanol–water partition coefficient (Wildman–Crippen LogP) is 3.57. The lowest BCUT2D eigenvalue weighted by molar-refractivity contribution is 0.892. The maximum absolute atomic E-state index is 5.89. The van der Waals surface area contributed by atoms with Crippen molar-refractivity contribution >= 4 is 40.4 Å². The smallest absolute Gasteiger partial charge is 0.147 e. The fraction of sp³-hybridized carbons (Fsp3) is 0.273. The highest BCUT2D eigenvalue weighted by Crippen LogP contribution is 2.23. The van der Waals surface area contributed by atoms with Gasteiger partial charge in [-0.05, 0) is 12.1 Å². The Balaban J connectivity index is 2.11. The average Bonchev–Trinajstić information content (AvgIpc) is 2.75. The van der Waals surface area contributed by atoms with Gasteiger partial charge in [0.25, 0.3) is 0 Å². The number of hydrogen-bond donors (Lipinski definition) is 0. The van der Waals surface area contributed by atoms with Crippen molar-refractivity contribution < 1.29 is 0 Å². The molecule has 0 bridgehead atoms. The van der Waals surface area contributed by atoms with Gasteiger partial charge in [-0.1, -0.05) is 11.6 Å². The molecular formula is C11H11Cl2N3S. The normalized spacial score (nSPS) is 10.5. The Labute approximate surface area is 114 Å². The van der Waals surface area contributed by atoms with E-state index in [0.29, 0.717) is 5.88 Å². The minimum absolute atomic E-state index is 0.375. The van der Waals surface area contributed by atoms with Crippen LogP contribution in [0.25, 0.3) is 0 Å². The molecule has 0 amide bonds. The fourth-order valence-electron chi connectivity index (χ4n) is 1.39. The van der Waals surface area contributed by atoms with Gasteiger partial charge in [0.2, 0.25) is 0 Å². The molecule has 0 aromatic carbocycles. The van der Waals surface area contributed by atoms with Crippen LogP contribution in [0.5, 0.6) is 0 Å². The van der Waals surface area contributed by atoms with E-state index in [1.54, 1.807) is 23.7 Å². The summed E-state index contributed by atoms with van der Waals surface area (Å²) in [6.45, 7) is 0.762. The van der Waals surface area contributed by atoms with Gasteiger partial charge >= 0.3 is 0 Å². The third kappa shape index (κ3) is 3.31. The first-order valence-corrected chi connectivity index (χ1v) is 6.74. The maximum Gasteiger partial charge on any atom is 0.147 e. The molecule has 0 fully saturated rings. The van der Waals surface area contributed by atoms with Crippen LogP contribution in [0.3, 0.4) is 0 Å². The Morgan fingerprint density at radius 1 is 1.35 bits per heavy atom. The summed E-state index contributed by atoms with van der Waals surface area (Å²) in [5.41, 5.74) is 0.778. The molecule has 0 N–H and O–H groups in total. The van der Waals surface area contributed by atoms with Crippen molar-refractivity contribution in [3.63, 3.8) is 0 Å². The summed E-state index contributed by atoms with van der Waals surface area (Å²) >= 11 is 13.2. The third-order valence-electron chi connectivity index (χ3n) is 2.22. The van der Waals surface area contributed by atoms with E-state index in [-0.39, 0.29) is 0 Å². The van der Waals surface area contributed by atoms with Crippen molar-refractivity contribution in [3.05, 3.63) is 39.4 Å². The largest absolute Gasteiger partial charge is 0.353 e. The maximum atomic E-state index is 5.89. The second-order valence-electron chi connectivity index (χ2n) is 3.56. The molecule has 2 heterocycles. The predicted molar refractivity (Wildman–Crippen MR) is 73.0 cm³/mol. The van der Waals surface area contributed by atoms with Crippen molar-refractivity contribution in [2.45, 2.75) is 12.4 Å². The molecule has 0 radical (unpaired) electrons.